The third-order valence-electron chi connectivity index (χ3n) is 5.09. The van der Waals surface area contributed by atoms with Crippen LogP contribution in [-0.4, -0.2) is 95.7 Å². The highest BCUT2D eigenvalue weighted by atomic mass is 16.2. The van der Waals surface area contributed by atoms with E-state index in [4.69, 9.17) is 0 Å². The van der Waals surface area contributed by atoms with Crippen molar-refractivity contribution in [2.45, 2.75) is 58.8 Å². The summed E-state index contributed by atoms with van der Waals surface area (Å²) in [5, 5.41) is 8.13. The minimum absolute atomic E-state index is 0.0373. The van der Waals surface area contributed by atoms with E-state index in [-0.39, 0.29) is 55.0 Å². The molecule has 0 aliphatic carbocycles. The predicted molar refractivity (Wildman–Crippen MR) is 135 cm³/mol. The van der Waals surface area contributed by atoms with Gasteiger partial charge in [-0.3, -0.25) is 28.9 Å². The first kappa shape index (κ1) is 30.7. The maximum Gasteiger partial charge on any atom is 0.234 e. The number of amides is 4. The van der Waals surface area contributed by atoms with E-state index in [1.807, 2.05) is 13.8 Å². The first-order valence-corrected chi connectivity index (χ1v) is 11.8. The number of hydrogen-bond donors (Lipinski definition) is 3. The average Bonchev–Trinajstić information content (AvgIpc) is 2.74. The van der Waals surface area contributed by atoms with Gasteiger partial charge in [-0.25, -0.2) is 0 Å². The lowest BCUT2D eigenvalue weighted by Crippen LogP contribution is -2.47. The van der Waals surface area contributed by atoms with Gasteiger partial charge in [0.2, 0.25) is 47.6 Å². The molecule has 0 saturated heterocycles. The van der Waals surface area contributed by atoms with Crippen LogP contribution in [0.25, 0.3) is 0 Å². The first-order chi connectivity index (χ1) is 15.6. The van der Waals surface area contributed by atoms with E-state index in [0.717, 1.165) is 19.3 Å². The van der Waals surface area contributed by atoms with Crippen molar-refractivity contribution in [1.29, 1.82) is 0 Å². The predicted octanol–water partition coefficient (Wildman–Crippen LogP) is -2.93. The molecule has 0 saturated carbocycles. The van der Waals surface area contributed by atoms with E-state index >= 15 is 0 Å². The lowest BCUT2D eigenvalue weighted by molar-refractivity contribution is -0.129. The zero-order valence-electron chi connectivity index (χ0n) is 21.0. The maximum absolute atomic E-state index is 12.3. The summed E-state index contributed by atoms with van der Waals surface area (Å²) >= 11 is 0. The molecule has 0 rings (SSSR count). The van der Waals surface area contributed by atoms with Crippen LogP contribution in [-0.2, 0) is 24.0 Å². The van der Waals surface area contributed by atoms with Crippen LogP contribution >= 0.6 is 0 Å². The Kier molecular flexibility index (Phi) is 16.9. The molecule has 13 heteroatoms. The van der Waals surface area contributed by atoms with E-state index in [9.17, 15) is 24.0 Å². The second-order valence-electron chi connectivity index (χ2n) is 8.70. The number of carbonyl (C=O) groups is 5. The molecule has 0 unspecified atom stereocenters. The zero-order chi connectivity index (χ0) is 25.2. The molecule has 3 N–H and O–H groups in total. The minimum Gasteiger partial charge on any atom is -0.442 e. The van der Waals surface area contributed by atoms with Gasteiger partial charge >= 0.3 is 0 Å². The molecule has 0 bridgehead atoms. The second kappa shape index (κ2) is 18.2. The van der Waals surface area contributed by atoms with Crippen LogP contribution in [0.5, 0.6) is 0 Å². The van der Waals surface area contributed by atoms with Gasteiger partial charge in [-0.15, -0.1) is 0 Å². The van der Waals surface area contributed by atoms with Crippen molar-refractivity contribution in [1.82, 2.24) is 25.5 Å². The normalized spacial score (nSPS) is 10.7. The molecule has 10 nitrogen and oxygen atoms in total. The van der Waals surface area contributed by atoms with Crippen molar-refractivity contribution in [2.75, 3.05) is 32.7 Å². The van der Waals surface area contributed by atoms with Crippen LogP contribution in [0.3, 0.4) is 0 Å². The highest BCUT2D eigenvalue weighted by Crippen LogP contribution is 2.05. The SMILES string of the molecule is BNC(=O)CCCCNC(=O)CN(CC(=O)NCCCCCC(=O)C(C)C)CC(=O)N(B)B. The third-order valence-corrected chi connectivity index (χ3v) is 5.09. The van der Waals surface area contributed by atoms with E-state index < -0.39 is 0 Å². The van der Waals surface area contributed by atoms with Gasteiger partial charge in [0.25, 0.3) is 0 Å². The van der Waals surface area contributed by atoms with E-state index in [0.29, 0.717) is 38.8 Å². The Balaban J connectivity index is 4.36. The molecule has 0 fully saturated rings. The highest BCUT2D eigenvalue weighted by Gasteiger charge is 2.18. The number of unbranched alkanes of at least 4 members (excludes halogenated alkanes) is 3. The fourth-order valence-corrected chi connectivity index (χ4v) is 2.90. The van der Waals surface area contributed by atoms with Crippen molar-refractivity contribution >= 4 is 53.4 Å². The van der Waals surface area contributed by atoms with Gasteiger partial charge in [0, 0.05) is 31.8 Å². The summed E-state index contributed by atoms with van der Waals surface area (Å²) in [5.74, 6) is -0.451. The van der Waals surface area contributed by atoms with Crippen LogP contribution < -0.4 is 15.9 Å². The summed E-state index contributed by atoms with van der Waals surface area (Å²) in [6.07, 6.45) is 4.72. The number of rotatable bonds is 18. The van der Waals surface area contributed by atoms with E-state index in [1.54, 1.807) is 23.9 Å². The van der Waals surface area contributed by atoms with Crippen molar-refractivity contribution in [3.63, 3.8) is 0 Å². The number of hydrogen-bond acceptors (Lipinski definition) is 6. The Morgan fingerprint density at radius 2 is 1.24 bits per heavy atom. The van der Waals surface area contributed by atoms with Gasteiger partial charge in [-0.2, -0.15) is 0 Å². The lowest BCUT2D eigenvalue weighted by atomic mass is 10.0. The van der Waals surface area contributed by atoms with Crippen LogP contribution in [0.4, 0.5) is 0 Å². The quantitative estimate of drug-likeness (QED) is 0.148. The maximum atomic E-state index is 12.3. The summed E-state index contributed by atoms with van der Waals surface area (Å²) in [4.78, 5) is 61.0. The van der Waals surface area contributed by atoms with Crippen LogP contribution in [0.2, 0.25) is 0 Å². The van der Waals surface area contributed by atoms with Crippen molar-refractivity contribution < 1.29 is 24.0 Å². The Hall–Kier alpha value is -2.30. The molecule has 184 valence electrons. The number of nitrogens with one attached hydrogen (secondary N) is 3. The van der Waals surface area contributed by atoms with Gasteiger partial charge in [-0.05, 0) is 25.7 Å². The molecule has 33 heavy (non-hydrogen) atoms. The fourth-order valence-electron chi connectivity index (χ4n) is 2.90. The van der Waals surface area contributed by atoms with Crippen LogP contribution in [0.1, 0.15) is 58.8 Å². The summed E-state index contributed by atoms with van der Waals surface area (Å²) in [6, 6.07) is 0. The molecule has 0 radical (unpaired) electrons. The monoisotopic (exact) mass is 463 g/mol. The van der Waals surface area contributed by atoms with Gasteiger partial charge in [0.1, 0.15) is 5.78 Å². The van der Waals surface area contributed by atoms with Gasteiger partial charge in [0.15, 0.2) is 0 Å². The molecule has 0 aromatic heterocycles. The number of nitrogens with zero attached hydrogens (tertiary/aromatic N) is 2. The molecular formula is C20H40B3N5O5. The molecule has 4 amide bonds. The molecule has 0 aliphatic rings. The summed E-state index contributed by atoms with van der Waals surface area (Å²) in [7, 11) is 4.83. The number of carbonyl (C=O) groups excluding carboxylic acids is 5. The molecule has 0 atom stereocenters. The van der Waals surface area contributed by atoms with Crippen molar-refractivity contribution in [2.24, 2.45) is 5.92 Å². The van der Waals surface area contributed by atoms with Gasteiger partial charge in [-0.1, -0.05) is 20.3 Å². The standard InChI is InChI=1S/C20H40B3N5O5/c1-15(2)16(29)8-4-3-6-10-24-18(31)12-27(14-20(33)28(22)23)13-19(32)25-11-7-5-9-17(30)26-21/h15H,3-14,21-23H2,1-2H3,(H,24,31)(H,25,32)(H,26,30). The van der Waals surface area contributed by atoms with Crippen molar-refractivity contribution in [3.8, 4) is 0 Å². The van der Waals surface area contributed by atoms with E-state index in [1.165, 1.54) is 9.62 Å². The smallest absolute Gasteiger partial charge is 0.234 e. The molecule has 0 heterocycles. The minimum atomic E-state index is -0.274. The summed E-state index contributed by atoms with van der Waals surface area (Å²) in [5.41, 5.74) is 0. The number of Topliss-reactive ketones (excluding diaryl/α,β-unsaturated/α-hetero) is 1. The molecule has 0 aromatic carbocycles. The average molecular weight is 463 g/mol. The van der Waals surface area contributed by atoms with Crippen molar-refractivity contribution in [3.05, 3.63) is 0 Å². The molecule has 0 aliphatic heterocycles. The van der Waals surface area contributed by atoms with Gasteiger partial charge in [0.05, 0.1) is 19.6 Å². The van der Waals surface area contributed by atoms with Crippen LogP contribution in [0, 0.1) is 5.92 Å². The Bertz CT molecular complexity index is 650. The fraction of sp³-hybridized carbons (Fsp3) is 0.750. The first-order valence-electron chi connectivity index (χ1n) is 11.8. The van der Waals surface area contributed by atoms with Gasteiger partial charge < -0.3 is 20.6 Å². The van der Waals surface area contributed by atoms with Crippen LogP contribution in [0.15, 0.2) is 0 Å². The Morgan fingerprint density at radius 3 is 1.73 bits per heavy atom. The third kappa shape index (κ3) is 16.9. The lowest BCUT2D eigenvalue weighted by Gasteiger charge is -2.23. The molecule has 0 aromatic rings. The summed E-state index contributed by atoms with van der Waals surface area (Å²) < 4.78 is 1.42. The summed E-state index contributed by atoms with van der Waals surface area (Å²) in [6.45, 7) is 4.53. The molecular weight excluding hydrogens is 423 g/mol. The second-order valence-corrected chi connectivity index (χ2v) is 8.70. The van der Waals surface area contributed by atoms with E-state index in [2.05, 4.69) is 15.9 Å². The molecule has 0 spiro atoms. The Morgan fingerprint density at radius 1 is 0.727 bits per heavy atom. The highest BCUT2D eigenvalue weighted by molar-refractivity contribution is 6.34. The zero-order valence-corrected chi connectivity index (χ0v) is 21.0. The number of ketones is 1. The Labute approximate surface area is 200 Å². The topological polar surface area (TPSA) is 128 Å². The largest absolute Gasteiger partial charge is 0.442 e.